The van der Waals surface area contributed by atoms with Crippen LogP contribution in [0.5, 0.6) is 5.75 Å². The highest BCUT2D eigenvalue weighted by atomic mass is 32.2. The molecule has 3 rings (SSSR count). The van der Waals surface area contributed by atoms with Crippen molar-refractivity contribution in [1.82, 2.24) is 4.31 Å². The second-order valence-electron chi connectivity index (χ2n) is 7.59. The summed E-state index contributed by atoms with van der Waals surface area (Å²) in [6.45, 7) is 0. The summed E-state index contributed by atoms with van der Waals surface area (Å²) in [4.78, 5) is 12.8. The predicted molar refractivity (Wildman–Crippen MR) is 118 cm³/mol. The Morgan fingerprint density at radius 2 is 1.71 bits per heavy atom. The molecule has 0 heterocycles. The Bertz CT molecular complexity index is 1180. The normalized spacial score (nSPS) is 15.2. The molecule has 0 spiro atoms. The minimum atomic E-state index is -3.84. The maximum atomic E-state index is 12.8. The number of sulfone groups is 1. The van der Waals surface area contributed by atoms with Crippen molar-refractivity contribution in [3.63, 3.8) is 0 Å². The van der Waals surface area contributed by atoms with E-state index in [0.717, 1.165) is 17.1 Å². The number of carbonyl (C=O) groups is 1. The molecule has 1 aliphatic rings. The highest BCUT2D eigenvalue weighted by Gasteiger charge is 2.30. The van der Waals surface area contributed by atoms with Gasteiger partial charge in [0.15, 0.2) is 9.84 Å². The maximum Gasteiger partial charge on any atom is 0.255 e. The first-order chi connectivity index (χ1) is 14.6. The molecule has 1 N–H and O–H groups in total. The minimum absolute atomic E-state index is 0.102. The summed E-state index contributed by atoms with van der Waals surface area (Å²) in [5, 5.41) is 2.26. The van der Waals surface area contributed by atoms with Crippen molar-refractivity contribution in [2.24, 2.45) is 0 Å². The molecule has 0 aliphatic heterocycles. The van der Waals surface area contributed by atoms with Gasteiger partial charge in [-0.3, -0.25) is 4.79 Å². The van der Waals surface area contributed by atoms with E-state index in [2.05, 4.69) is 5.32 Å². The summed E-state index contributed by atoms with van der Waals surface area (Å²) in [6, 6.07) is 10.2. The molecular weight excluding hydrogens is 440 g/mol. The van der Waals surface area contributed by atoms with Gasteiger partial charge in [0.25, 0.3) is 5.91 Å². The van der Waals surface area contributed by atoms with Crippen LogP contribution < -0.4 is 10.1 Å². The maximum absolute atomic E-state index is 12.8. The third-order valence-electron chi connectivity index (χ3n) is 5.35. The van der Waals surface area contributed by atoms with Gasteiger partial charge in [-0.15, -0.1) is 0 Å². The molecule has 0 unspecified atom stereocenters. The van der Waals surface area contributed by atoms with Crippen LogP contribution in [0.2, 0.25) is 0 Å². The number of carbonyl (C=O) groups excluding carboxylic acids is 1. The van der Waals surface area contributed by atoms with Crippen LogP contribution in [0, 0.1) is 0 Å². The molecular formula is C21H26N2O6S2. The van der Waals surface area contributed by atoms with Gasteiger partial charge >= 0.3 is 0 Å². The number of rotatable bonds is 7. The van der Waals surface area contributed by atoms with Crippen molar-refractivity contribution in [3.05, 3.63) is 48.0 Å². The Morgan fingerprint density at radius 3 is 2.32 bits per heavy atom. The van der Waals surface area contributed by atoms with Gasteiger partial charge in [-0.1, -0.05) is 18.9 Å². The highest BCUT2D eigenvalue weighted by molar-refractivity contribution is 7.92. The van der Waals surface area contributed by atoms with Crippen LogP contribution >= 0.6 is 0 Å². The quantitative estimate of drug-likeness (QED) is 0.672. The number of sulfonamides is 1. The van der Waals surface area contributed by atoms with Gasteiger partial charge in [0.1, 0.15) is 10.6 Å². The zero-order valence-corrected chi connectivity index (χ0v) is 19.3. The zero-order valence-electron chi connectivity index (χ0n) is 17.7. The van der Waals surface area contributed by atoms with E-state index in [4.69, 9.17) is 4.74 Å². The van der Waals surface area contributed by atoms with Gasteiger partial charge in [-0.2, -0.15) is 0 Å². The Hall–Kier alpha value is -2.43. The standard InChI is InChI=1S/C21H26N2O6S2/c1-23(2)31(27,28)20-13-15(11-12-19(20)29-3)21(24)22-16-7-6-10-18(14-16)30(25,26)17-8-4-5-9-17/h6-7,10-14,17H,4-5,8-9H2,1-3H3,(H,22,24). The van der Waals surface area contributed by atoms with E-state index in [0.29, 0.717) is 18.5 Å². The first-order valence-corrected chi connectivity index (χ1v) is 12.8. The van der Waals surface area contributed by atoms with Crippen LogP contribution in [0.15, 0.2) is 52.3 Å². The number of amides is 1. The number of nitrogens with zero attached hydrogens (tertiary/aromatic N) is 1. The molecule has 2 aromatic rings. The number of hydrogen-bond acceptors (Lipinski definition) is 6. The minimum Gasteiger partial charge on any atom is -0.495 e. The van der Waals surface area contributed by atoms with Crippen molar-refractivity contribution in [2.75, 3.05) is 26.5 Å². The Labute approximate surface area is 183 Å². The summed E-state index contributed by atoms with van der Waals surface area (Å²) in [5.41, 5.74) is 0.419. The fraction of sp³-hybridized carbons (Fsp3) is 0.381. The first kappa shape index (κ1) is 23.2. The number of hydrogen-bond donors (Lipinski definition) is 1. The van der Waals surface area contributed by atoms with Crippen LogP contribution in [0.3, 0.4) is 0 Å². The van der Waals surface area contributed by atoms with E-state index >= 15 is 0 Å². The summed E-state index contributed by atoms with van der Waals surface area (Å²) >= 11 is 0. The van der Waals surface area contributed by atoms with Crippen molar-refractivity contribution >= 4 is 31.5 Å². The zero-order chi connectivity index (χ0) is 22.8. The smallest absolute Gasteiger partial charge is 0.255 e. The Balaban J connectivity index is 1.89. The second-order valence-corrected chi connectivity index (χ2v) is 11.9. The van der Waals surface area contributed by atoms with Gasteiger partial charge in [-0.05, 0) is 49.2 Å². The molecule has 2 aromatic carbocycles. The lowest BCUT2D eigenvalue weighted by molar-refractivity contribution is 0.102. The molecule has 0 bridgehead atoms. The van der Waals surface area contributed by atoms with Crippen molar-refractivity contribution in [3.8, 4) is 5.75 Å². The third kappa shape index (κ3) is 4.76. The van der Waals surface area contributed by atoms with E-state index in [-0.39, 0.29) is 26.4 Å². The van der Waals surface area contributed by atoms with E-state index in [1.165, 1.54) is 51.5 Å². The first-order valence-electron chi connectivity index (χ1n) is 9.83. The van der Waals surface area contributed by atoms with E-state index < -0.39 is 25.8 Å². The molecule has 1 aliphatic carbocycles. The Kier molecular flexibility index (Phi) is 6.73. The van der Waals surface area contributed by atoms with Gasteiger partial charge < -0.3 is 10.1 Å². The van der Waals surface area contributed by atoms with E-state index in [9.17, 15) is 21.6 Å². The molecule has 0 aromatic heterocycles. The van der Waals surface area contributed by atoms with Crippen molar-refractivity contribution in [1.29, 1.82) is 0 Å². The molecule has 0 saturated heterocycles. The van der Waals surface area contributed by atoms with Crippen LogP contribution in [-0.2, 0) is 19.9 Å². The molecule has 1 fully saturated rings. The predicted octanol–water partition coefficient (Wildman–Crippen LogP) is 2.91. The molecule has 31 heavy (non-hydrogen) atoms. The summed E-state index contributed by atoms with van der Waals surface area (Å²) in [7, 11) is -3.17. The average Bonchev–Trinajstić information content (AvgIpc) is 3.29. The topological polar surface area (TPSA) is 110 Å². The monoisotopic (exact) mass is 466 g/mol. The van der Waals surface area contributed by atoms with Gasteiger partial charge in [0.05, 0.1) is 17.3 Å². The summed E-state index contributed by atoms with van der Waals surface area (Å²) in [6.07, 6.45) is 3.09. The Morgan fingerprint density at radius 1 is 1.03 bits per heavy atom. The van der Waals surface area contributed by atoms with Crippen LogP contribution in [0.4, 0.5) is 5.69 Å². The number of benzene rings is 2. The molecule has 0 atom stereocenters. The number of nitrogens with one attached hydrogen (secondary N) is 1. The summed E-state index contributed by atoms with van der Waals surface area (Å²) in [5.74, 6) is -0.442. The van der Waals surface area contributed by atoms with Gasteiger partial charge in [0, 0.05) is 25.3 Å². The number of anilines is 1. The second kappa shape index (κ2) is 8.97. The molecule has 10 heteroatoms. The van der Waals surface area contributed by atoms with Gasteiger partial charge in [-0.25, -0.2) is 21.1 Å². The highest BCUT2D eigenvalue weighted by Crippen LogP contribution is 2.31. The van der Waals surface area contributed by atoms with E-state index in [1.54, 1.807) is 12.1 Å². The molecule has 0 radical (unpaired) electrons. The lowest BCUT2D eigenvalue weighted by Gasteiger charge is -2.16. The van der Waals surface area contributed by atoms with Gasteiger partial charge in [0.2, 0.25) is 10.0 Å². The largest absolute Gasteiger partial charge is 0.495 e. The van der Waals surface area contributed by atoms with Crippen LogP contribution in [0.1, 0.15) is 36.0 Å². The van der Waals surface area contributed by atoms with Crippen molar-refractivity contribution < 1.29 is 26.4 Å². The molecule has 1 amide bonds. The SMILES string of the molecule is COc1ccc(C(=O)Nc2cccc(S(=O)(=O)C3CCCC3)c2)cc1S(=O)(=O)N(C)C. The summed E-state index contributed by atoms with van der Waals surface area (Å²) < 4.78 is 57.0. The van der Waals surface area contributed by atoms with E-state index in [1.807, 2.05) is 0 Å². The number of ether oxygens (including phenoxy) is 1. The van der Waals surface area contributed by atoms with Crippen molar-refractivity contribution in [2.45, 2.75) is 40.7 Å². The van der Waals surface area contributed by atoms with Crippen LogP contribution in [-0.4, -0.2) is 53.5 Å². The average molecular weight is 467 g/mol. The molecule has 8 nitrogen and oxygen atoms in total. The number of methoxy groups -OCH3 is 1. The molecule has 168 valence electrons. The fourth-order valence-corrected chi connectivity index (χ4v) is 6.53. The molecule has 1 saturated carbocycles. The van der Waals surface area contributed by atoms with Crippen LogP contribution in [0.25, 0.3) is 0 Å². The lowest BCUT2D eigenvalue weighted by atomic mass is 10.2. The third-order valence-corrected chi connectivity index (χ3v) is 9.44. The fourth-order valence-electron chi connectivity index (χ4n) is 3.56. The lowest BCUT2D eigenvalue weighted by Crippen LogP contribution is -2.23.